The van der Waals surface area contributed by atoms with Crippen molar-refractivity contribution >= 4 is 50.3 Å². The highest BCUT2D eigenvalue weighted by Crippen LogP contribution is 2.45. The SMILES string of the molecule is COc1cc(N2C(=S)N[C@@H](c3ccccn3)[C@@H]2c2cc(C)n(-c3cccc(Cl)c3C)c2C)ccc1NS(C)(=O)=O. The molecule has 2 aromatic heterocycles. The zero-order valence-electron chi connectivity index (χ0n) is 22.8. The normalized spacial score (nSPS) is 17.1. The number of thiocarbonyl (C=S) groups is 1. The molecule has 2 atom stereocenters. The molecule has 4 aromatic rings. The van der Waals surface area contributed by atoms with Gasteiger partial charge in [0.1, 0.15) is 5.75 Å². The quantitative estimate of drug-likeness (QED) is 0.253. The molecule has 1 saturated heterocycles. The average Bonchev–Trinajstić information content (AvgIpc) is 3.40. The van der Waals surface area contributed by atoms with Crippen LogP contribution in [0.3, 0.4) is 0 Å². The number of aromatic nitrogens is 2. The van der Waals surface area contributed by atoms with E-state index in [2.05, 4.69) is 45.6 Å². The van der Waals surface area contributed by atoms with Gasteiger partial charge in [0.25, 0.3) is 0 Å². The lowest BCUT2D eigenvalue weighted by molar-refractivity contribution is 0.417. The Morgan fingerprint density at radius 1 is 1.07 bits per heavy atom. The fourth-order valence-corrected chi connectivity index (χ4v) is 6.44. The Balaban J connectivity index is 1.68. The van der Waals surface area contributed by atoms with Crippen LogP contribution in [0.2, 0.25) is 5.02 Å². The van der Waals surface area contributed by atoms with Crippen LogP contribution in [0.5, 0.6) is 5.75 Å². The number of nitrogens with zero attached hydrogens (tertiary/aromatic N) is 3. The molecule has 0 saturated carbocycles. The van der Waals surface area contributed by atoms with Crippen LogP contribution in [0.25, 0.3) is 5.69 Å². The maximum absolute atomic E-state index is 11.9. The molecule has 1 aliphatic rings. The number of pyridine rings is 1. The summed E-state index contributed by atoms with van der Waals surface area (Å²) in [6.07, 6.45) is 2.87. The zero-order chi connectivity index (χ0) is 28.8. The molecule has 208 valence electrons. The van der Waals surface area contributed by atoms with E-state index in [0.29, 0.717) is 21.6 Å². The molecule has 0 amide bonds. The van der Waals surface area contributed by atoms with Gasteiger partial charge in [-0.1, -0.05) is 23.7 Å². The lowest BCUT2D eigenvalue weighted by Crippen LogP contribution is -2.29. The summed E-state index contributed by atoms with van der Waals surface area (Å²) < 4.78 is 34.1. The molecule has 0 bridgehead atoms. The van der Waals surface area contributed by atoms with Crippen molar-refractivity contribution < 1.29 is 13.2 Å². The number of anilines is 2. The first kappa shape index (κ1) is 27.9. The molecule has 3 heterocycles. The number of halogens is 1. The van der Waals surface area contributed by atoms with Gasteiger partial charge in [0.2, 0.25) is 10.0 Å². The fourth-order valence-electron chi connectivity index (χ4n) is 5.36. The third-order valence-electron chi connectivity index (χ3n) is 7.13. The summed E-state index contributed by atoms with van der Waals surface area (Å²) in [4.78, 5) is 6.70. The third kappa shape index (κ3) is 5.14. The molecule has 40 heavy (non-hydrogen) atoms. The van der Waals surface area contributed by atoms with Crippen molar-refractivity contribution in [3.63, 3.8) is 0 Å². The molecule has 2 aromatic carbocycles. The number of methoxy groups -OCH3 is 1. The largest absolute Gasteiger partial charge is 0.494 e. The van der Waals surface area contributed by atoms with E-state index < -0.39 is 10.0 Å². The Morgan fingerprint density at radius 2 is 1.85 bits per heavy atom. The molecular formula is C29H30ClN5O3S2. The molecule has 8 nitrogen and oxygen atoms in total. The van der Waals surface area contributed by atoms with E-state index >= 15 is 0 Å². The molecule has 0 unspecified atom stereocenters. The minimum atomic E-state index is -3.49. The zero-order valence-corrected chi connectivity index (χ0v) is 25.2. The topological polar surface area (TPSA) is 88.5 Å². The van der Waals surface area contributed by atoms with Gasteiger partial charge in [-0.05, 0) is 86.6 Å². The second-order valence-corrected chi connectivity index (χ2v) is 12.3. The first-order chi connectivity index (χ1) is 19.0. The first-order valence-electron chi connectivity index (χ1n) is 12.6. The molecule has 0 radical (unpaired) electrons. The van der Waals surface area contributed by atoms with Crippen LogP contribution < -0.4 is 19.7 Å². The van der Waals surface area contributed by atoms with E-state index in [-0.39, 0.29) is 12.1 Å². The van der Waals surface area contributed by atoms with Gasteiger partial charge in [-0.25, -0.2) is 8.42 Å². The summed E-state index contributed by atoms with van der Waals surface area (Å²) in [5, 5.41) is 4.72. The molecule has 5 rings (SSSR count). The first-order valence-corrected chi connectivity index (χ1v) is 15.3. The van der Waals surface area contributed by atoms with Crippen LogP contribution in [-0.2, 0) is 10.0 Å². The van der Waals surface area contributed by atoms with E-state index in [1.54, 1.807) is 18.3 Å². The highest BCUT2D eigenvalue weighted by atomic mass is 35.5. The summed E-state index contributed by atoms with van der Waals surface area (Å²) in [5.74, 6) is 0.380. The van der Waals surface area contributed by atoms with Crippen LogP contribution >= 0.6 is 23.8 Å². The fraction of sp³-hybridized carbons (Fsp3) is 0.241. The molecule has 2 N–H and O–H groups in total. The standard InChI is InChI=1S/C29H30ClN5O3S2/c1-17-15-21(19(3)34(17)25-11-8-9-22(30)18(25)2)28-27(24-10-6-7-14-31-24)32-29(39)35(28)20-12-13-23(26(16-20)38-4)33-40(5,36)37/h6-16,27-28,33H,1-5H3,(H,32,39)/t27-,28-/m0/s1. The van der Waals surface area contributed by atoms with Crippen LogP contribution in [0, 0.1) is 20.8 Å². The molecule has 11 heteroatoms. The number of benzene rings is 2. The van der Waals surface area contributed by atoms with Crippen molar-refractivity contribution in [2.45, 2.75) is 32.9 Å². The highest BCUT2D eigenvalue weighted by Gasteiger charge is 2.42. The molecular weight excluding hydrogens is 566 g/mol. The number of aryl methyl sites for hydroxylation is 1. The predicted molar refractivity (Wildman–Crippen MR) is 164 cm³/mol. The lowest BCUT2D eigenvalue weighted by Gasteiger charge is -2.29. The number of sulfonamides is 1. The summed E-state index contributed by atoms with van der Waals surface area (Å²) in [6.45, 7) is 6.19. The molecule has 0 spiro atoms. The highest BCUT2D eigenvalue weighted by molar-refractivity contribution is 7.92. The van der Waals surface area contributed by atoms with Gasteiger partial charge in [0, 0.05) is 40.0 Å². The maximum Gasteiger partial charge on any atom is 0.229 e. The second kappa shape index (κ2) is 10.8. The Kier molecular flexibility index (Phi) is 7.52. The van der Waals surface area contributed by atoms with E-state index in [4.69, 9.17) is 28.6 Å². The minimum absolute atomic E-state index is 0.247. The van der Waals surface area contributed by atoms with Gasteiger partial charge in [0.15, 0.2) is 5.11 Å². The second-order valence-electron chi connectivity index (χ2n) is 9.80. The van der Waals surface area contributed by atoms with E-state index in [0.717, 1.165) is 45.8 Å². The third-order valence-corrected chi connectivity index (χ3v) is 8.44. The van der Waals surface area contributed by atoms with Gasteiger partial charge in [0.05, 0.1) is 36.8 Å². The van der Waals surface area contributed by atoms with Gasteiger partial charge in [-0.2, -0.15) is 0 Å². The van der Waals surface area contributed by atoms with Gasteiger partial charge >= 0.3 is 0 Å². The van der Waals surface area contributed by atoms with E-state index in [9.17, 15) is 8.42 Å². The van der Waals surface area contributed by atoms with Gasteiger partial charge in [-0.15, -0.1) is 0 Å². The van der Waals surface area contributed by atoms with E-state index in [1.165, 1.54) is 7.11 Å². The predicted octanol–water partition coefficient (Wildman–Crippen LogP) is 6.01. The smallest absolute Gasteiger partial charge is 0.229 e. The van der Waals surface area contributed by atoms with Crippen molar-refractivity contribution in [2.24, 2.45) is 0 Å². The summed E-state index contributed by atoms with van der Waals surface area (Å²) in [5.41, 5.74) is 7.13. The minimum Gasteiger partial charge on any atom is -0.494 e. The van der Waals surface area contributed by atoms with Crippen LogP contribution in [0.4, 0.5) is 11.4 Å². The number of hydrogen-bond donors (Lipinski definition) is 2. The number of rotatable bonds is 7. The van der Waals surface area contributed by atoms with Crippen LogP contribution in [-0.4, -0.2) is 36.4 Å². The summed E-state index contributed by atoms with van der Waals surface area (Å²) in [6, 6.07) is 18.7. The van der Waals surface area contributed by atoms with Crippen molar-refractivity contribution in [3.05, 3.63) is 100 Å². The molecule has 1 fully saturated rings. The Hall–Kier alpha value is -3.60. The van der Waals surface area contributed by atoms with E-state index in [1.807, 2.05) is 48.2 Å². The van der Waals surface area contributed by atoms with Crippen molar-refractivity contribution in [1.29, 1.82) is 0 Å². The Labute approximate surface area is 245 Å². The maximum atomic E-state index is 11.9. The van der Waals surface area contributed by atoms with Gasteiger partial charge < -0.3 is 19.5 Å². The van der Waals surface area contributed by atoms with Crippen LogP contribution in [0.1, 0.15) is 40.3 Å². The molecule has 1 aliphatic heterocycles. The number of ether oxygens (including phenoxy) is 1. The summed E-state index contributed by atoms with van der Waals surface area (Å²) in [7, 11) is -1.99. The number of hydrogen-bond acceptors (Lipinski definition) is 5. The lowest BCUT2D eigenvalue weighted by atomic mass is 9.96. The molecule has 0 aliphatic carbocycles. The van der Waals surface area contributed by atoms with Crippen molar-refractivity contribution in [1.82, 2.24) is 14.9 Å². The monoisotopic (exact) mass is 595 g/mol. The van der Waals surface area contributed by atoms with Crippen molar-refractivity contribution in [2.75, 3.05) is 23.0 Å². The Morgan fingerprint density at radius 3 is 2.52 bits per heavy atom. The summed E-state index contributed by atoms with van der Waals surface area (Å²) >= 11 is 12.4. The average molecular weight is 596 g/mol. The van der Waals surface area contributed by atoms with Gasteiger partial charge in [-0.3, -0.25) is 9.71 Å². The number of nitrogens with one attached hydrogen (secondary N) is 2. The Bertz CT molecular complexity index is 1710. The van der Waals surface area contributed by atoms with Crippen LogP contribution in [0.15, 0.2) is 66.9 Å². The van der Waals surface area contributed by atoms with Crippen molar-refractivity contribution in [3.8, 4) is 11.4 Å².